The van der Waals surface area contributed by atoms with Gasteiger partial charge in [0.05, 0.1) is 12.7 Å². The van der Waals surface area contributed by atoms with E-state index >= 15 is 0 Å². The summed E-state index contributed by atoms with van der Waals surface area (Å²) >= 11 is 0. The van der Waals surface area contributed by atoms with Crippen LogP contribution in [0.3, 0.4) is 0 Å². The van der Waals surface area contributed by atoms with Gasteiger partial charge in [-0.3, -0.25) is 9.78 Å². The summed E-state index contributed by atoms with van der Waals surface area (Å²) in [5.41, 5.74) is 0.473. The molecule has 0 aliphatic heterocycles. The molecule has 4 nitrogen and oxygen atoms in total. The number of ether oxygens (including phenoxy) is 2. The van der Waals surface area contributed by atoms with Crippen molar-refractivity contribution in [3.05, 3.63) is 53.9 Å². The fourth-order valence-electron chi connectivity index (χ4n) is 1.67. The Balaban J connectivity index is 2.34. The van der Waals surface area contributed by atoms with Crippen molar-refractivity contribution in [2.75, 3.05) is 7.11 Å². The Kier molecular flexibility index (Phi) is 4.24. The van der Waals surface area contributed by atoms with Gasteiger partial charge in [0.25, 0.3) is 0 Å². The SMILES string of the molecule is COc1cc(OC(F)F)ccc1C(=O)c1ccccn1. The molecule has 0 unspecified atom stereocenters. The van der Waals surface area contributed by atoms with Crippen molar-refractivity contribution >= 4 is 5.78 Å². The highest BCUT2D eigenvalue weighted by Crippen LogP contribution is 2.27. The number of ketones is 1. The lowest BCUT2D eigenvalue weighted by atomic mass is 10.1. The van der Waals surface area contributed by atoms with E-state index in [1.807, 2.05) is 0 Å². The van der Waals surface area contributed by atoms with Crippen molar-refractivity contribution in [1.29, 1.82) is 0 Å². The number of aromatic nitrogens is 1. The van der Waals surface area contributed by atoms with E-state index in [1.165, 1.54) is 31.5 Å². The molecular formula is C14H11F2NO3. The van der Waals surface area contributed by atoms with Crippen LogP contribution in [0.25, 0.3) is 0 Å². The smallest absolute Gasteiger partial charge is 0.387 e. The Morgan fingerprint density at radius 1 is 1.25 bits per heavy atom. The molecule has 104 valence electrons. The average molecular weight is 279 g/mol. The third kappa shape index (κ3) is 3.09. The third-order valence-corrected chi connectivity index (χ3v) is 2.54. The summed E-state index contributed by atoms with van der Waals surface area (Å²) in [5, 5.41) is 0. The van der Waals surface area contributed by atoms with Crippen molar-refractivity contribution in [3.63, 3.8) is 0 Å². The first-order valence-corrected chi connectivity index (χ1v) is 5.70. The van der Waals surface area contributed by atoms with E-state index in [0.29, 0.717) is 0 Å². The van der Waals surface area contributed by atoms with Crippen LogP contribution in [0, 0.1) is 0 Å². The van der Waals surface area contributed by atoms with Crippen molar-refractivity contribution in [1.82, 2.24) is 4.98 Å². The predicted molar refractivity (Wildman–Crippen MR) is 67.3 cm³/mol. The second-order valence-electron chi connectivity index (χ2n) is 3.78. The van der Waals surface area contributed by atoms with Crippen molar-refractivity contribution < 1.29 is 23.0 Å². The second kappa shape index (κ2) is 6.10. The maximum Gasteiger partial charge on any atom is 0.387 e. The Hall–Kier alpha value is -2.50. The summed E-state index contributed by atoms with van der Waals surface area (Å²) in [7, 11) is 1.34. The number of rotatable bonds is 5. The summed E-state index contributed by atoms with van der Waals surface area (Å²) in [4.78, 5) is 16.2. The molecule has 0 amide bonds. The molecule has 0 N–H and O–H groups in total. The number of benzene rings is 1. The van der Waals surface area contributed by atoms with E-state index in [-0.39, 0.29) is 28.5 Å². The molecule has 0 spiro atoms. The molecule has 0 bridgehead atoms. The molecule has 0 radical (unpaired) electrons. The highest BCUT2D eigenvalue weighted by atomic mass is 19.3. The summed E-state index contributed by atoms with van der Waals surface area (Å²) in [6, 6.07) is 8.82. The molecule has 0 saturated carbocycles. The number of alkyl halides is 2. The zero-order chi connectivity index (χ0) is 14.5. The van der Waals surface area contributed by atoms with Crippen LogP contribution >= 0.6 is 0 Å². The van der Waals surface area contributed by atoms with E-state index in [2.05, 4.69) is 9.72 Å². The topological polar surface area (TPSA) is 48.4 Å². The first-order valence-electron chi connectivity index (χ1n) is 5.70. The van der Waals surface area contributed by atoms with Gasteiger partial charge in [-0.15, -0.1) is 0 Å². The average Bonchev–Trinajstić information content (AvgIpc) is 2.46. The summed E-state index contributed by atoms with van der Waals surface area (Å²) in [6.07, 6.45) is 1.49. The molecule has 0 saturated heterocycles. The normalized spacial score (nSPS) is 10.4. The maximum atomic E-state index is 12.2. The van der Waals surface area contributed by atoms with Gasteiger partial charge in [0, 0.05) is 12.3 Å². The first kappa shape index (κ1) is 13.9. The number of pyridine rings is 1. The van der Waals surface area contributed by atoms with E-state index in [0.717, 1.165) is 0 Å². The summed E-state index contributed by atoms with van der Waals surface area (Å²) in [5.74, 6) is -0.278. The molecule has 1 aromatic carbocycles. The number of hydrogen-bond acceptors (Lipinski definition) is 4. The molecule has 6 heteroatoms. The first-order chi connectivity index (χ1) is 9.61. The van der Waals surface area contributed by atoms with Crippen LogP contribution in [0.5, 0.6) is 11.5 Å². The lowest BCUT2D eigenvalue weighted by Crippen LogP contribution is -2.07. The zero-order valence-electron chi connectivity index (χ0n) is 10.5. The Morgan fingerprint density at radius 2 is 2.05 bits per heavy atom. The molecule has 0 aliphatic carbocycles. The lowest BCUT2D eigenvalue weighted by molar-refractivity contribution is -0.0499. The third-order valence-electron chi connectivity index (χ3n) is 2.54. The fourth-order valence-corrected chi connectivity index (χ4v) is 1.67. The Morgan fingerprint density at radius 3 is 2.65 bits per heavy atom. The number of halogens is 2. The van der Waals surface area contributed by atoms with Gasteiger partial charge in [-0.2, -0.15) is 8.78 Å². The van der Waals surface area contributed by atoms with E-state index < -0.39 is 6.61 Å². The molecule has 1 heterocycles. The van der Waals surface area contributed by atoms with Gasteiger partial charge in [-0.25, -0.2) is 0 Å². The number of methoxy groups -OCH3 is 1. The van der Waals surface area contributed by atoms with Crippen LogP contribution < -0.4 is 9.47 Å². The van der Waals surface area contributed by atoms with E-state index in [1.54, 1.807) is 18.2 Å². The highest BCUT2D eigenvalue weighted by Gasteiger charge is 2.17. The molecule has 20 heavy (non-hydrogen) atoms. The van der Waals surface area contributed by atoms with Gasteiger partial charge in [0.2, 0.25) is 5.78 Å². The summed E-state index contributed by atoms with van der Waals surface area (Å²) in [6.45, 7) is -2.93. The second-order valence-corrected chi connectivity index (χ2v) is 3.78. The van der Waals surface area contributed by atoms with Gasteiger partial charge in [-0.1, -0.05) is 6.07 Å². The molecule has 0 fully saturated rings. The van der Waals surface area contributed by atoms with E-state index in [4.69, 9.17) is 4.74 Å². The van der Waals surface area contributed by atoms with Crippen molar-refractivity contribution in [2.45, 2.75) is 6.61 Å². The number of nitrogens with zero attached hydrogens (tertiary/aromatic N) is 1. The quantitative estimate of drug-likeness (QED) is 0.790. The van der Waals surface area contributed by atoms with Gasteiger partial charge < -0.3 is 9.47 Å². The van der Waals surface area contributed by atoms with Crippen molar-refractivity contribution in [3.8, 4) is 11.5 Å². The van der Waals surface area contributed by atoms with Crippen LogP contribution in [0.1, 0.15) is 16.1 Å². The predicted octanol–water partition coefficient (Wildman–Crippen LogP) is 2.92. The minimum absolute atomic E-state index is 0.0746. The fraction of sp³-hybridized carbons (Fsp3) is 0.143. The standard InChI is InChI=1S/C14H11F2NO3/c1-19-12-8-9(20-14(15)16)5-6-10(12)13(18)11-4-2-3-7-17-11/h2-8,14H,1H3. The lowest BCUT2D eigenvalue weighted by Gasteiger charge is -2.10. The number of carbonyl (C=O) groups is 1. The van der Waals surface area contributed by atoms with Gasteiger partial charge >= 0.3 is 6.61 Å². The molecule has 2 aromatic rings. The minimum Gasteiger partial charge on any atom is -0.496 e. The van der Waals surface area contributed by atoms with Crippen LogP contribution in [-0.4, -0.2) is 24.5 Å². The zero-order valence-corrected chi connectivity index (χ0v) is 10.5. The van der Waals surface area contributed by atoms with Gasteiger partial charge in [-0.05, 0) is 24.3 Å². The monoisotopic (exact) mass is 279 g/mol. The molecule has 2 rings (SSSR count). The molecular weight excluding hydrogens is 268 g/mol. The van der Waals surface area contributed by atoms with Gasteiger partial charge in [0.1, 0.15) is 17.2 Å². The molecule has 0 atom stereocenters. The largest absolute Gasteiger partial charge is 0.496 e. The van der Waals surface area contributed by atoms with Crippen LogP contribution in [0.2, 0.25) is 0 Å². The van der Waals surface area contributed by atoms with Crippen LogP contribution in [0.15, 0.2) is 42.6 Å². The maximum absolute atomic E-state index is 12.2. The van der Waals surface area contributed by atoms with E-state index in [9.17, 15) is 13.6 Å². The minimum atomic E-state index is -2.93. The molecule has 0 aliphatic rings. The Labute approximate surface area is 114 Å². The van der Waals surface area contributed by atoms with Crippen molar-refractivity contribution in [2.24, 2.45) is 0 Å². The van der Waals surface area contributed by atoms with Crippen LogP contribution in [0.4, 0.5) is 8.78 Å². The number of carbonyl (C=O) groups excluding carboxylic acids is 1. The highest BCUT2D eigenvalue weighted by molar-refractivity contribution is 6.09. The van der Waals surface area contributed by atoms with Crippen LogP contribution in [-0.2, 0) is 0 Å². The molecule has 1 aromatic heterocycles. The van der Waals surface area contributed by atoms with Gasteiger partial charge in [0.15, 0.2) is 0 Å². The Bertz CT molecular complexity index is 603. The summed E-state index contributed by atoms with van der Waals surface area (Å²) < 4.78 is 33.6. The number of hydrogen-bond donors (Lipinski definition) is 0.